The highest BCUT2D eigenvalue weighted by Crippen LogP contribution is 2.23. The fourth-order valence-electron chi connectivity index (χ4n) is 1.71. The number of amides is 1. The Hall–Kier alpha value is -1.37. The van der Waals surface area contributed by atoms with Gasteiger partial charge in [0.25, 0.3) is 0 Å². The van der Waals surface area contributed by atoms with Crippen molar-refractivity contribution >= 4 is 29.7 Å². The molecule has 0 bridgehead atoms. The highest BCUT2D eigenvalue weighted by molar-refractivity contribution is 7.13. The number of oxazole rings is 1. The number of carbonyl (C=O) groups excluding carboxylic acids is 1. The minimum absolute atomic E-state index is 0. The van der Waals surface area contributed by atoms with Gasteiger partial charge in [-0.15, -0.1) is 23.7 Å². The molecule has 2 aromatic heterocycles. The SMILES string of the molecule is CCC(C)C(N)C(=O)NCc1coc(-c2cccs2)n1.Cl. The first-order valence-electron chi connectivity index (χ1n) is 6.63. The molecule has 3 N–H and O–H groups in total. The number of carbonyl (C=O) groups is 1. The molecule has 0 fully saturated rings. The molecule has 1 amide bonds. The van der Waals surface area contributed by atoms with Crippen LogP contribution < -0.4 is 11.1 Å². The van der Waals surface area contributed by atoms with E-state index in [1.165, 1.54) is 0 Å². The Morgan fingerprint density at radius 1 is 1.57 bits per heavy atom. The Balaban J connectivity index is 0.00000220. The zero-order valence-corrected chi connectivity index (χ0v) is 13.7. The second-order valence-corrected chi connectivity index (χ2v) is 5.70. The third-order valence-corrected chi connectivity index (χ3v) is 4.15. The Labute approximate surface area is 134 Å². The monoisotopic (exact) mass is 329 g/mol. The average Bonchev–Trinajstić information content (AvgIpc) is 3.13. The lowest BCUT2D eigenvalue weighted by atomic mass is 9.99. The third-order valence-electron chi connectivity index (χ3n) is 3.29. The fraction of sp³-hybridized carbons (Fsp3) is 0.429. The number of nitrogens with zero attached hydrogens (tertiary/aromatic N) is 1. The Bertz CT molecular complexity index is 556. The van der Waals surface area contributed by atoms with Gasteiger partial charge in [0.1, 0.15) is 6.26 Å². The summed E-state index contributed by atoms with van der Waals surface area (Å²) >= 11 is 1.56. The van der Waals surface area contributed by atoms with E-state index in [4.69, 9.17) is 10.2 Å². The van der Waals surface area contributed by atoms with E-state index in [1.54, 1.807) is 17.6 Å². The molecule has 0 spiro atoms. The molecule has 2 atom stereocenters. The lowest BCUT2D eigenvalue weighted by molar-refractivity contribution is -0.123. The molecule has 2 aromatic rings. The van der Waals surface area contributed by atoms with Crippen LogP contribution in [0.25, 0.3) is 10.8 Å². The second kappa shape index (κ2) is 8.17. The molecule has 5 nitrogen and oxygen atoms in total. The molecule has 0 aliphatic rings. The number of rotatable bonds is 6. The van der Waals surface area contributed by atoms with Gasteiger partial charge in [-0.25, -0.2) is 4.98 Å². The summed E-state index contributed by atoms with van der Waals surface area (Å²) in [4.78, 5) is 17.2. The van der Waals surface area contributed by atoms with Crippen LogP contribution in [0.1, 0.15) is 26.0 Å². The van der Waals surface area contributed by atoms with E-state index in [2.05, 4.69) is 10.3 Å². The maximum Gasteiger partial charge on any atom is 0.237 e. The van der Waals surface area contributed by atoms with Gasteiger partial charge < -0.3 is 15.5 Å². The van der Waals surface area contributed by atoms with Gasteiger partial charge in [0.05, 0.1) is 23.2 Å². The summed E-state index contributed by atoms with van der Waals surface area (Å²) in [5.74, 6) is 0.587. The summed E-state index contributed by atoms with van der Waals surface area (Å²) in [6.07, 6.45) is 2.44. The molecule has 2 rings (SSSR count). The Morgan fingerprint density at radius 2 is 2.33 bits per heavy atom. The largest absolute Gasteiger partial charge is 0.443 e. The van der Waals surface area contributed by atoms with Crippen LogP contribution >= 0.6 is 23.7 Å². The van der Waals surface area contributed by atoms with Gasteiger partial charge in [-0.05, 0) is 17.4 Å². The van der Waals surface area contributed by atoms with Gasteiger partial charge in [-0.2, -0.15) is 0 Å². The topological polar surface area (TPSA) is 81.2 Å². The van der Waals surface area contributed by atoms with E-state index in [0.29, 0.717) is 18.1 Å². The summed E-state index contributed by atoms with van der Waals surface area (Å²) in [5, 5.41) is 4.75. The molecule has 21 heavy (non-hydrogen) atoms. The number of hydrogen-bond donors (Lipinski definition) is 2. The molecule has 0 saturated carbocycles. The minimum Gasteiger partial charge on any atom is -0.443 e. The van der Waals surface area contributed by atoms with Crippen molar-refractivity contribution in [3.8, 4) is 10.8 Å². The van der Waals surface area contributed by atoms with Crippen molar-refractivity contribution in [2.45, 2.75) is 32.9 Å². The van der Waals surface area contributed by atoms with E-state index in [0.717, 1.165) is 11.3 Å². The molecule has 0 radical (unpaired) electrons. The number of nitrogens with one attached hydrogen (secondary N) is 1. The predicted molar refractivity (Wildman–Crippen MR) is 86.3 cm³/mol. The standard InChI is InChI=1S/C14H19N3O2S.ClH/c1-3-9(2)12(15)13(18)16-7-10-8-19-14(17-10)11-5-4-6-20-11;/h4-6,8-9,12H,3,7,15H2,1-2H3,(H,16,18);1H. The van der Waals surface area contributed by atoms with Gasteiger partial charge in [0.2, 0.25) is 11.8 Å². The molecule has 116 valence electrons. The Morgan fingerprint density at radius 3 is 2.95 bits per heavy atom. The van der Waals surface area contributed by atoms with Crippen LogP contribution in [0.4, 0.5) is 0 Å². The maximum absolute atomic E-state index is 11.9. The summed E-state index contributed by atoms with van der Waals surface area (Å²) in [6, 6.07) is 3.40. The molecule has 2 heterocycles. The highest BCUT2D eigenvalue weighted by Gasteiger charge is 2.19. The average molecular weight is 330 g/mol. The number of thiophene rings is 1. The lowest BCUT2D eigenvalue weighted by Gasteiger charge is -2.17. The third kappa shape index (κ3) is 4.56. The summed E-state index contributed by atoms with van der Waals surface area (Å²) in [5.41, 5.74) is 6.56. The predicted octanol–water partition coefficient (Wildman–Crippen LogP) is 2.81. The number of hydrogen-bond acceptors (Lipinski definition) is 5. The van der Waals surface area contributed by atoms with Crippen molar-refractivity contribution in [3.05, 3.63) is 29.5 Å². The second-order valence-electron chi connectivity index (χ2n) is 4.75. The van der Waals surface area contributed by atoms with Crippen molar-refractivity contribution in [3.63, 3.8) is 0 Å². The summed E-state index contributed by atoms with van der Waals surface area (Å²) in [6.45, 7) is 4.32. The van der Waals surface area contributed by atoms with Crippen molar-refractivity contribution in [2.75, 3.05) is 0 Å². The lowest BCUT2D eigenvalue weighted by Crippen LogP contribution is -2.44. The van der Waals surface area contributed by atoms with Crippen LogP contribution in [0.2, 0.25) is 0 Å². The van der Waals surface area contributed by atoms with Crippen LogP contribution in [0.15, 0.2) is 28.2 Å². The first-order valence-corrected chi connectivity index (χ1v) is 7.51. The van der Waals surface area contributed by atoms with E-state index in [-0.39, 0.29) is 24.2 Å². The van der Waals surface area contributed by atoms with Gasteiger partial charge >= 0.3 is 0 Å². The van der Waals surface area contributed by atoms with Crippen LogP contribution in [-0.2, 0) is 11.3 Å². The van der Waals surface area contributed by atoms with Gasteiger partial charge in [-0.3, -0.25) is 4.79 Å². The summed E-state index contributed by atoms with van der Waals surface area (Å²) < 4.78 is 5.39. The van der Waals surface area contributed by atoms with Crippen LogP contribution in [0.3, 0.4) is 0 Å². The quantitative estimate of drug-likeness (QED) is 0.853. The number of nitrogens with two attached hydrogens (primary N) is 1. The molecular weight excluding hydrogens is 310 g/mol. The molecule has 0 saturated heterocycles. The van der Waals surface area contributed by atoms with Crippen molar-refractivity contribution in [1.82, 2.24) is 10.3 Å². The highest BCUT2D eigenvalue weighted by atomic mass is 35.5. The van der Waals surface area contributed by atoms with Gasteiger partial charge in [-0.1, -0.05) is 26.3 Å². The van der Waals surface area contributed by atoms with E-state index in [1.807, 2.05) is 31.4 Å². The summed E-state index contributed by atoms with van der Waals surface area (Å²) in [7, 11) is 0. The first kappa shape index (κ1) is 17.7. The zero-order valence-electron chi connectivity index (χ0n) is 12.0. The van der Waals surface area contributed by atoms with Crippen molar-refractivity contribution in [2.24, 2.45) is 11.7 Å². The van der Waals surface area contributed by atoms with Crippen LogP contribution in [-0.4, -0.2) is 16.9 Å². The zero-order chi connectivity index (χ0) is 14.5. The molecular formula is C14H20ClN3O2S. The normalized spacial score (nSPS) is 13.3. The molecule has 0 aliphatic carbocycles. The van der Waals surface area contributed by atoms with Crippen LogP contribution in [0.5, 0.6) is 0 Å². The van der Waals surface area contributed by atoms with Crippen molar-refractivity contribution < 1.29 is 9.21 Å². The maximum atomic E-state index is 11.9. The molecule has 7 heteroatoms. The number of halogens is 1. The van der Waals surface area contributed by atoms with E-state index < -0.39 is 6.04 Å². The van der Waals surface area contributed by atoms with E-state index >= 15 is 0 Å². The minimum atomic E-state index is -0.483. The van der Waals surface area contributed by atoms with Crippen LogP contribution in [0, 0.1) is 5.92 Å². The van der Waals surface area contributed by atoms with E-state index in [9.17, 15) is 4.79 Å². The Kier molecular flexibility index (Phi) is 6.87. The molecule has 2 unspecified atom stereocenters. The number of aromatic nitrogens is 1. The van der Waals surface area contributed by atoms with Gasteiger partial charge in [0.15, 0.2) is 0 Å². The molecule has 0 aromatic carbocycles. The van der Waals surface area contributed by atoms with Gasteiger partial charge in [0, 0.05) is 0 Å². The van der Waals surface area contributed by atoms with Crippen molar-refractivity contribution in [1.29, 1.82) is 0 Å². The smallest absolute Gasteiger partial charge is 0.237 e. The molecule has 0 aliphatic heterocycles. The first-order chi connectivity index (χ1) is 9.61. The fourth-order valence-corrected chi connectivity index (χ4v) is 2.36.